The molecule has 1 amide bonds. The minimum Gasteiger partial charge on any atom is -0.363 e. The molecule has 0 radical (unpaired) electrons. The molecule has 120 valence electrons. The Morgan fingerprint density at radius 1 is 1.38 bits per heavy atom. The number of rotatable bonds is 8. The fourth-order valence-electron chi connectivity index (χ4n) is 2.35. The minimum atomic E-state index is 0.0242. The molecule has 0 atom stereocenters. The third-order valence-corrected chi connectivity index (χ3v) is 3.14. The molecule has 1 heterocycles. The lowest BCUT2D eigenvalue weighted by Crippen LogP contribution is -2.33. The van der Waals surface area contributed by atoms with Crippen molar-refractivity contribution >= 4 is 11.7 Å². The summed E-state index contributed by atoms with van der Waals surface area (Å²) in [6, 6.07) is 0. The molecule has 21 heavy (non-hydrogen) atoms. The van der Waals surface area contributed by atoms with Crippen LogP contribution in [0.4, 0.5) is 5.82 Å². The largest absolute Gasteiger partial charge is 0.363 e. The van der Waals surface area contributed by atoms with E-state index in [1.54, 1.807) is 0 Å². The van der Waals surface area contributed by atoms with Crippen LogP contribution in [-0.2, 0) is 17.9 Å². The summed E-state index contributed by atoms with van der Waals surface area (Å²) in [7, 11) is 4.06. The normalized spacial score (nSPS) is 11.0. The molecule has 1 aromatic heterocycles. The number of nitrogens with zero attached hydrogens (tertiary/aromatic N) is 3. The molecule has 0 aromatic carbocycles. The number of nitrogens with one attached hydrogen (secondary N) is 2. The van der Waals surface area contributed by atoms with Crippen molar-refractivity contribution in [3.8, 4) is 0 Å². The Morgan fingerprint density at radius 3 is 2.57 bits per heavy atom. The maximum Gasteiger partial charge on any atom is 0.233 e. The third-order valence-electron chi connectivity index (χ3n) is 3.14. The van der Waals surface area contributed by atoms with Gasteiger partial charge in [-0.1, -0.05) is 13.8 Å². The van der Waals surface area contributed by atoms with Gasteiger partial charge < -0.3 is 15.5 Å². The maximum absolute atomic E-state index is 11.5. The van der Waals surface area contributed by atoms with Gasteiger partial charge in [0.1, 0.15) is 5.82 Å². The number of aromatic nitrogens is 2. The highest BCUT2D eigenvalue weighted by atomic mass is 16.1. The molecular formula is C15H29N5O. The molecule has 6 nitrogen and oxygen atoms in total. The predicted octanol–water partition coefficient (Wildman–Crippen LogP) is 1.14. The summed E-state index contributed by atoms with van der Waals surface area (Å²) in [5.74, 6) is 1.68. The van der Waals surface area contributed by atoms with Gasteiger partial charge in [-0.2, -0.15) is 5.10 Å². The molecular weight excluding hydrogens is 266 g/mol. The van der Waals surface area contributed by atoms with E-state index in [0.29, 0.717) is 25.6 Å². The van der Waals surface area contributed by atoms with Gasteiger partial charge in [-0.15, -0.1) is 0 Å². The molecule has 0 aliphatic rings. The van der Waals surface area contributed by atoms with Crippen LogP contribution in [0.25, 0.3) is 0 Å². The van der Waals surface area contributed by atoms with E-state index in [-0.39, 0.29) is 5.91 Å². The van der Waals surface area contributed by atoms with E-state index >= 15 is 0 Å². The number of hydrogen-bond acceptors (Lipinski definition) is 4. The summed E-state index contributed by atoms with van der Waals surface area (Å²) in [6.07, 6.45) is 0. The summed E-state index contributed by atoms with van der Waals surface area (Å²) in [5.41, 5.74) is 2.17. The van der Waals surface area contributed by atoms with Crippen LogP contribution in [-0.4, -0.2) is 42.9 Å². The first-order valence-electron chi connectivity index (χ1n) is 7.57. The van der Waals surface area contributed by atoms with E-state index in [0.717, 1.165) is 23.6 Å². The summed E-state index contributed by atoms with van der Waals surface area (Å²) in [6.45, 7) is 10.8. The standard InChI is InChI=1S/C15H29N5O/c1-7-17-14(21)9-16-8-13-12(4)18-20(10-11(2)3)15(13)19(5)6/h11,16H,7-10H2,1-6H3,(H,17,21). The average molecular weight is 295 g/mol. The van der Waals surface area contributed by atoms with Gasteiger partial charge in [0.25, 0.3) is 0 Å². The number of likely N-dealkylation sites (N-methyl/N-ethyl adjacent to an activating group) is 1. The van der Waals surface area contributed by atoms with Crippen LogP contribution in [0.2, 0.25) is 0 Å². The van der Waals surface area contributed by atoms with Crippen molar-refractivity contribution < 1.29 is 4.79 Å². The van der Waals surface area contributed by atoms with E-state index in [4.69, 9.17) is 0 Å². The van der Waals surface area contributed by atoms with Gasteiger partial charge >= 0.3 is 0 Å². The molecule has 0 saturated carbocycles. The van der Waals surface area contributed by atoms with E-state index < -0.39 is 0 Å². The van der Waals surface area contributed by atoms with E-state index in [1.165, 1.54) is 0 Å². The molecule has 0 aliphatic carbocycles. The van der Waals surface area contributed by atoms with Crippen LogP contribution < -0.4 is 15.5 Å². The first kappa shape index (κ1) is 17.5. The van der Waals surface area contributed by atoms with Crippen LogP contribution in [0.1, 0.15) is 32.0 Å². The van der Waals surface area contributed by atoms with Crippen molar-refractivity contribution in [3.05, 3.63) is 11.3 Å². The zero-order valence-electron chi connectivity index (χ0n) is 14.2. The summed E-state index contributed by atoms with van der Waals surface area (Å²) < 4.78 is 2.06. The smallest absolute Gasteiger partial charge is 0.233 e. The molecule has 1 rings (SSSR count). The average Bonchev–Trinajstić information content (AvgIpc) is 2.65. The van der Waals surface area contributed by atoms with Crippen LogP contribution in [0, 0.1) is 12.8 Å². The van der Waals surface area contributed by atoms with Crippen molar-refractivity contribution in [2.75, 3.05) is 32.1 Å². The van der Waals surface area contributed by atoms with Crippen molar-refractivity contribution in [1.82, 2.24) is 20.4 Å². The highest BCUT2D eigenvalue weighted by molar-refractivity contribution is 5.77. The van der Waals surface area contributed by atoms with Crippen LogP contribution >= 0.6 is 0 Å². The number of carbonyl (C=O) groups excluding carboxylic acids is 1. The fourth-order valence-corrected chi connectivity index (χ4v) is 2.35. The van der Waals surface area contributed by atoms with Crippen LogP contribution in [0.3, 0.4) is 0 Å². The summed E-state index contributed by atoms with van der Waals surface area (Å²) in [5, 5.41) is 10.6. The Morgan fingerprint density at radius 2 is 2.05 bits per heavy atom. The van der Waals surface area contributed by atoms with Gasteiger partial charge in [-0.3, -0.25) is 4.79 Å². The van der Waals surface area contributed by atoms with Gasteiger partial charge in [0.15, 0.2) is 0 Å². The first-order chi connectivity index (χ1) is 9.86. The van der Waals surface area contributed by atoms with E-state index in [2.05, 4.69) is 39.2 Å². The second-order valence-corrected chi connectivity index (χ2v) is 5.92. The fraction of sp³-hybridized carbons (Fsp3) is 0.733. The highest BCUT2D eigenvalue weighted by Gasteiger charge is 2.17. The van der Waals surface area contributed by atoms with E-state index in [9.17, 15) is 4.79 Å². The summed E-state index contributed by atoms with van der Waals surface area (Å²) in [4.78, 5) is 13.6. The number of aryl methyl sites for hydroxylation is 1. The predicted molar refractivity (Wildman–Crippen MR) is 86.5 cm³/mol. The van der Waals surface area contributed by atoms with Gasteiger partial charge in [-0.05, 0) is 19.8 Å². The summed E-state index contributed by atoms with van der Waals surface area (Å²) >= 11 is 0. The monoisotopic (exact) mass is 295 g/mol. The molecule has 0 spiro atoms. The van der Waals surface area contributed by atoms with Crippen LogP contribution in [0.15, 0.2) is 0 Å². The van der Waals surface area contributed by atoms with Gasteiger partial charge in [0.05, 0.1) is 12.2 Å². The first-order valence-corrected chi connectivity index (χ1v) is 7.57. The maximum atomic E-state index is 11.5. The van der Waals surface area contributed by atoms with Crippen molar-refractivity contribution in [2.45, 2.75) is 40.8 Å². The number of carbonyl (C=O) groups is 1. The van der Waals surface area contributed by atoms with Crippen molar-refractivity contribution in [2.24, 2.45) is 5.92 Å². The van der Waals surface area contributed by atoms with Gasteiger partial charge in [0, 0.05) is 39.3 Å². The number of amides is 1. The second-order valence-electron chi connectivity index (χ2n) is 5.92. The zero-order chi connectivity index (χ0) is 16.0. The van der Waals surface area contributed by atoms with Crippen molar-refractivity contribution in [1.29, 1.82) is 0 Å². The molecule has 1 aromatic rings. The minimum absolute atomic E-state index is 0.0242. The zero-order valence-corrected chi connectivity index (χ0v) is 14.2. The highest BCUT2D eigenvalue weighted by Crippen LogP contribution is 2.23. The number of hydrogen-bond donors (Lipinski definition) is 2. The molecule has 6 heteroatoms. The lowest BCUT2D eigenvalue weighted by atomic mass is 10.2. The molecule has 2 N–H and O–H groups in total. The molecule has 0 fully saturated rings. The SMILES string of the molecule is CCNC(=O)CNCc1c(C)nn(CC(C)C)c1N(C)C. The lowest BCUT2D eigenvalue weighted by molar-refractivity contribution is -0.120. The Kier molecular flexibility index (Phi) is 6.68. The van der Waals surface area contributed by atoms with Crippen LogP contribution in [0.5, 0.6) is 0 Å². The quantitative estimate of drug-likeness (QED) is 0.755. The van der Waals surface area contributed by atoms with Gasteiger partial charge in [-0.25, -0.2) is 4.68 Å². The molecule has 0 unspecified atom stereocenters. The number of anilines is 1. The third kappa shape index (κ3) is 5.04. The Balaban J connectivity index is 2.81. The van der Waals surface area contributed by atoms with Crippen molar-refractivity contribution in [3.63, 3.8) is 0 Å². The molecule has 0 bridgehead atoms. The molecule has 0 saturated heterocycles. The Hall–Kier alpha value is -1.56. The topological polar surface area (TPSA) is 62.2 Å². The van der Waals surface area contributed by atoms with E-state index in [1.807, 2.05) is 27.9 Å². The Labute approximate surface area is 127 Å². The Bertz CT molecular complexity index is 465. The van der Waals surface area contributed by atoms with Gasteiger partial charge in [0.2, 0.25) is 5.91 Å². The molecule has 0 aliphatic heterocycles. The lowest BCUT2D eigenvalue weighted by Gasteiger charge is -2.18. The second kappa shape index (κ2) is 8.02.